The van der Waals surface area contributed by atoms with Gasteiger partial charge in [0.05, 0.1) is 18.6 Å². The first-order chi connectivity index (χ1) is 11.7. The fourth-order valence-corrected chi connectivity index (χ4v) is 2.45. The fourth-order valence-electron chi connectivity index (χ4n) is 2.32. The van der Waals surface area contributed by atoms with Crippen LogP contribution in [0.1, 0.15) is 33.8 Å². The van der Waals surface area contributed by atoms with Crippen LogP contribution in [0.2, 0.25) is 5.02 Å². The minimum Gasteiger partial charge on any atom is -0.469 e. The molecular formula is C18H14ClF3O3. The van der Waals surface area contributed by atoms with Gasteiger partial charge in [0.1, 0.15) is 0 Å². The van der Waals surface area contributed by atoms with Crippen molar-refractivity contribution in [2.75, 3.05) is 7.11 Å². The van der Waals surface area contributed by atoms with E-state index in [1.807, 2.05) is 0 Å². The molecule has 0 saturated carbocycles. The van der Waals surface area contributed by atoms with Gasteiger partial charge in [-0.1, -0.05) is 35.9 Å². The van der Waals surface area contributed by atoms with Gasteiger partial charge >= 0.3 is 12.1 Å². The number of hydrogen-bond acceptors (Lipinski definition) is 3. The van der Waals surface area contributed by atoms with Crippen molar-refractivity contribution >= 4 is 23.4 Å². The van der Waals surface area contributed by atoms with Crippen LogP contribution in [0.15, 0.2) is 48.5 Å². The normalized spacial score (nSPS) is 12.5. The zero-order valence-corrected chi connectivity index (χ0v) is 13.9. The number of Topliss-reactive ketones (excluding diaryl/α,β-unsaturated/α-hetero) is 1. The van der Waals surface area contributed by atoms with Gasteiger partial charge in [-0.25, -0.2) is 0 Å². The van der Waals surface area contributed by atoms with E-state index in [-0.39, 0.29) is 12.0 Å². The molecule has 0 spiro atoms. The Morgan fingerprint density at radius 3 is 2.08 bits per heavy atom. The summed E-state index contributed by atoms with van der Waals surface area (Å²) in [4.78, 5) is 24.4. The summed E-state index contributed by atoms with van der Waals surface area (Å²) in [6.07, 6.45) is -4.70. The predicted molar refractivity (Wildman–Crippen MR) is 86.6 cm³/mol. The van der Waals surface area contributed by atoms with Crippen LogP contribution >= 0.6 is 11.6 Å². The third-order valence-corrected chi connectivity index (χ3v) is 3.93. The van der Waals surface area contributed by atoms with Gasteiger partial charge in [-0.15, -0.1) is 0 Å². The summed E-state index contributed by atoms with van der Waals surface area (Å²) in [5.41, 5.74) is -0.210. The number of carbonyl (C=O) groups excluding carboxylic acids is 2. The molecule has 2 aromatic carbocycles. The van der Waals surface area contributed by atoms with E-state index in [1.54, 1.807) is 24.3 Å². The zero-order chi connectivity index (χ0) is 18.6. The van der Waals surface area contributed by atoms with Gasteiger partial charge in [0.15, 0.2) is 5.78 Å². The number of halogens is 4. The fraction of sp³-hybridized carbons (Fsp3) is 0.222. The van der Waals surface area contributed by atoms with Crippen LogP contribution in [0.25, 0.3) is 0 Å². The van der Waals surface area contributed by atoms with E-state index in [1.165, 1.54) is 7.11 Å². The Balaban J connectivity index is 2.22. The van der Waals surface area contributed by atoms with E-state index in [2.05, 4.69) is 0 Å². The van der Waals surface area contributed by atoms with Crippen LogP contribution in [0, 0.1) is 0 Å². The molecular weight excluding hydrogens is 357 g/mol. The van der Waals surface area contributed by atoms with Gasteiger partial charge < -0.3 is 4.74 Å². The molecule has 25 heavy (non-hydrogen) atoms. The number of esters is 1. The number of ether oxygens (including phenoxy) is 1. The number of methoxy groups -OCH3 is 1. The van der Waals surface area contributed by atoms with E-state index in [9.17, 15) is 22.8 Å². The van der Waals surface area contributed by atoms with Gasteiger partial charge in [0, 0.05) is 17.0 Å². The van der Waals surface area contributed by atoms with Crippen molar-refractivity contribution in [2.45, 2.75) is 18.5 Å². The molecule has 0 aliphatic carbocycles. The van der Waals surface area contributed by atoms with Crippen LogP contribution in [0.5, 0.6) is 0 Å². The van der Waals surface area contributed by atoms with Gasteiger partial charge in [-0.3, -0.25) is 9.59 Å². The monoisotopic (exact) mass is 370 g/mol. The highest BCUT2D eigenvalue weighted by molar-refractivity contribution is 6.30. The second kappa shape index (κ2) is 7.70. The molecule has 132 valence electrons. The Hall–Kier alpha value is -2.34. The first-order valence-corrected chi connectivity index (χ1v) is 7.64. The van der Waals surface area contributed by atoms with Gasteiger partial charge in [0.2, 0.25) is 0 Å². The molecule has 0 unspecified atom stereocenters. The maximum Gasteiger partial charge on any atom is 0.416 e. The summed E-state index contributed by atoms with van der Waals surface area (Å²) in [5, 5.41) is 0.474. The second-order valence-electron chi connectivity index (χ2n) is 5.33. The second-order valence-corrected chi connectivity index (χ2v) is 5.77. The van der Waals surface area contributed by atoms with E-state index < -0.39 is 29.4 Å². The average molecular weight is 371 g/mol. The molecule has 2 aromatic rings. The highest BCUT2D eigenvalue weighted by Crippen LogP contribution is 2.30. The van der Waals surface area contributed by atoms with Crippen molar-refractivity contribution in [2.24, 2.45) is 0 Å². The summed E-state index contributed by atoms with van der Waals surface area (Å²) < 4.78 is 42.5. The van der Waals surface area contributed by atoms with Crippen molar-refractivity contribution in [1.82, 2.24) is 0 Å². The van der Waals surface area contributed by atoms with Crippen molar-refractivity contribution in [1.29, 1.82) is 0 Å². The number of benzene rings is 2. The predicted octanol–water partition coefficient (Wildman–Crippen LogP) is 4.89. The summed E-state index contributed by atoms with van der Waals surface area (Å²) in [5.74, 6) is -1.93. The largest absolute Gasteiger partial charge is 0.469 e. The number of alkyl halides is 3. The quantitative estimate of drug-likeness (QED) is 0.556. The summed E-state index contributed by atoms with van der Waals surface area (Å²) in [6.45, 7) is 0. The lowest BCUT2D eigenvalue weighted by atomic mass is 9.91. The Bertz CT molecular complexity index is 753. The lowest BCUT2D eigenvalue weighted by molar-refractivity contribution is -0.142. The molecule has 0 aromatic heterocycles. The molecule has 0 aliphatic heterocycles. The first kappa shape index (κ1) is 19.0. The minimum absolute atomic E-state index is 0.0934. The van der Waals surface area contributed by atoms with Crippen molar-refractivity contribution in [3.8, 4) is 0 Å². The average Bonchev–Trinajstić information content (AvgIpc) is 2.59. The number of hydrogen-bond donors (Lipinski definition) is 0. The third-order valence-electron chi connectivity index (χ3n) is 3.68. The van der Waals surface area contributed by atoms with Gasteiger partial charge in [0.25, 0.3) is 0 Å². The summed E-state index contributed by atoms with van der Waals surface area (Å²) in [6, 6.07) is 10.2. The molecule has 3 nitrogen and oxygen atoms in total. The molecule has 0 heterocycles. The Labute approximate surface area is 147 Å². The molecule has 0 bridgehead atoms. The Morgan fingerprint density at radius 1 is 1.04 bits per heavy atom. The van der Waals surface area contributed by atoms with Crippen molar-refractivity contribution in [3.63, 3.8) is 0 Å². The van der Waals surface area contributed by atoms with Crippen LogP contribution in [-0.2, 0) is 15.7 Å². The standard InChI is InChI=1S/C18H14ClF3O3/c1-25-17(24)15(11-4-8-14(19)9-5-11)10-16(23)12-2-6-13(7-3-12)18(20,21)22/h2-9,15H,10H2,1H3/t15-/m1/s1. The summed E-state index contributed by atoms with van der Waals surface area (Å²) >= 11 is 5.81. The van der Waals surface area contributed by atoms with E-state index in [0.29, 0.717) is 10.6 Å². The van der Waals surface area contributed by atoms with Crippen molar-refractivity contribution in [3.05, 3.63) is 70.2 Å². The Kier molecular flexibility index (Phi) is 5.85. The maximum atomic E-state index is 12.6. The van der Waals surface area contributed by atoms with Crippen LogP contribution in [-0.4, -0.2) is 18.9 Å². The van der Waals surface area contributed by atoms with Gasteiger partial charge in [-0.2, -0.15) is 13.2 Å². The SMILES string of the molecule is COC(=O)[C@H](CC(=O)c1ccc(C(F)(F)F)cc1)c1ccc(Cl)cc1. The minimum atomic E-state index is -4.47. The lowest BCUT2D eigenvalue weighted by Gasteiger charge is -2.15. The van der Waals surface area contributed by atoms with E-state index in [0.717, 1.165) is 24.3 Å². The van der Waals surface area contributed by atoms with E-state index in [4.69, 9.17) is 16.3 Å². The third kappa shape index (κ3) is 4.82. The van der Waals surface area contributed by atoms with Crippen LogP contribution < -0.4 is 0 Å². The number of carbonyl (C=O) groups is 2. The molecule has 0 amide bonds. The van der Waals surface area contributed by atoms with E-state index >= 15 is 0 Å². The maximum absolute atomic E-state index is 12.6. The molecule has 0 radical (unpaired) electrons. The number of rotatable bonds is 5. The first-order valence-electron chi connectivity index (χ1n) is 7.26. The van der Waals surface area contributed by atoms with Crippen LogP contribution in [0.4, 0.5) is 13.2 Å². The molecule has 0 saturated heterocycles. The van der Waals surface area contributed by atoms with Crippen molar-refractivity contribution < 1.29 is 27.5 Å². The summed E-state index contributed by atoms with van der Waals surface area (Å²) in [7, 11) is 1.20. The highest BCUT2D eigenvalue weighted by atomic mass is 35.5. The number of ketones is 1. The smallest absolute Gasteiger partial charge is 0.416 e. The van der Waals surface area contributed by atoms with Gasteiger partial charge in [-0.05, 0) is 29.8 Å². The molecule has 2 rings (SSSR count). The molecule has 7 heteroatoms. The molecule has 0 N–H and O–H groups in total. The topological polar surface area (TPSA) is 43.4 Å². The van der Waals surface area contributed by atoms with Crippen LogP contribution in [0.3, 0.4) is 0 Å². The zero-order valence-electron chi connectivity index (χ0n) is 13.1. The molecule has 0 fully saturated rings. The molecule has 0 aliphatic rings. The molecule has 1 atom stereocenters. The lowest BCUT2D eigenvalue weighted by Crippen LogP contribution is -2.18. The highest BCUT2D eigenvalue weighted by Gasteiger charge is 2.30. The Morgan fingerprint density at radius 2 is 1.60 bits per heavy atom.